The Hall–Kier alpha value is 0.400. The van der Waals surface area contributed by atoms with Crippen LogP contribution in [-0.4, -0.2) is 49.7 Å². The molecule has 0 amide bonds. The van der Waals surface area contributed by atoms with Gasteiger partial charge in [0.15, 0.2) is 0 Å². The van der Waals surface area contributed by atoms with Crippen molar-refractivity contribution in [2.24, 2.45) is 0 Å². The van der Waals surface area contributed by atoms with Gasteiger partial charge in [0.05, 0.1) is 0 Å². The average molecular weight is 142 g/mol. The molecule has 0 aromatic heterocycles. The summed E-state index contributed by atoms with van der Waals surface area (Å²) in [5.74, 6) is -1.12. The van der Waals surface area contributed by atoms with Gasteiger partial charge in [0.1, 0.15) is 0 Å². The Morgan fingerprint density at radius 1 is 1.12 bits per heavy atom. The third-order valence-corrected chi connectivity index (χ3v) is 0.287. The molecule has 0 aromatic carbocycles. The fourth-order valence-electron chi connectivity index (χ4n) is 0.202. The van der Waals surface area contributed by atoms with Crippen molar-refractivity contribution >= 4 is 49.7 Å². The number of carbonyl (C=O) groups excluding carboxylic acids is 2. The van der Waals surface area contributed by atoms with Gasteiger partial charge in [-0.25, -0.2) is 0 Å². The van der Waals surface area contributed by atoms with Crippen LogP contribution in [0.3, 0.4) is 0 Å². The average Bonchev–Trinajstić information content (AvgIpc) is 1.27. The molecule has 0 heterocycles. The Kier molecular flexibility index (Phi) is 7.77. The van der Waals surface area contributed by atoms with Crippen molar-refractivity contribution in [3.8, 4) is 0 Å². The van der Waals surface area contributed by atoms with E-state index >= 15 is 0 Å². The van der Waals surface area contributed by atoms with Crippen LogP contribution in [0.25, 0.3) is 0 Å². The zero-order valence-electron chi connectivity index (χ0n) is 4.93. The van der Waals surface area contributed by atoms with E-state index in [1.807, 2.05) is 0 Å². The molecule has 0 aliphatic rings. The van der Waals surface area contributed by atoms with E-state index in [2.05, 4.69) is 4.74 Å². The van der Waals surface area contributed by atoms with Crippen molar-refractivity contribution in [3.05, 3.63) is 0 Å². The number of carbonyl (C=O) groups is 2. The molecule has 0 fully saturated rings. The van der Waals surface area contributed by atoms with Gasteiger partial charge in [-0.2, -0.15) is 0 Å². The molecule has 0 saturated heterocycles. The van der Waals surface area contributed by atoms with E-state index in [1.54, 1.807) is 0 Å². The molecular weight excluding hydrogens is 136 g/mol. The molecule has 3 nitrogen and oxygen atoms in total. The number of rotatable bonds is 0. The van der Waals surface area contributed by atoms with Gasteiger partial charge in [-0.15, -0.1) is 0 Å². The minimum Gasteiger partial charge on any atom is -0.394 e. The Morgan fingerprint density at radius 2 is 1.38 bits per heavy atom. The monoisotopic (exact) mass is 142 g/mol. The summed E-state index contributed by atoms with van der Waals surface area (Å²) in [6.07, 6.45) is 0. The first-order valence-electron chi connectivity index (χ1n) is 1.82. The third kappa shape index (κ3) is 9.64. The summed E-state index contributed by atoms with van der Waals surface area (Å²) in [4.78, 5) is 19.6. The van der Waals surface area contributed by atoms with Crippen LogP contribution < -0.4 is 0 Å². The van der Waals surface area contributed by atoms with E-state index in [0.29, 0.717) is 0 Å². The normalized spacial score (nSPS) is 6.75. The minimum absolute atomic E-state index is 0. The molecular formula is C4H6CaO3+2. The molecule has 0 bridgehead atoms. The van der Waals surface area contributed by atoms with Gasteiger partial charge in [0.25, 0.3) is 0 Å². The summed E-state index contributed by atoms with van der Waals surface area (Å²) >= 11 is 0. The van der Waals surface area contributed by atoms with E-state index in [9.17, 15) is 9.59 Å². The fourth-order valence-corrected chi connectivity index (χ4v) is 0.202. The summed E-state index contributed by atoms with van der Waals surface area (Å²) in [7, 11) is 0. The molecule has 0 saturated carbocycles. The van der Waals surface area contributed by atoms with Gasteiger partial charge in [0, 0.05) is 13.8 Å². The number of hydrogen-bond acceptors (Lipinski definition) is 3. The molecule has 0 spiro atoms. The SMILES string of the molecule is CC(=O)OC(C)=O.[Ca+2]. The zero-order chi connectivity index (χ0) is 5.86. The zero-order valence-corrected chi connectivity index (χ0v) is 7.14. The third-order valence-electron chi connectivity index (χ3n) is 0.287. The van der Waals surface area contributed by atoms with Gasteiger partial charge < -0.3 is 4.74 Å². The van der Waals surface area contributed by atoms with Gasteiger partial charge >= 0.3 is 49.7 Å². The van der Waals surface area contributed by atoms with Crippen molar-refractivity contribution < 1.29 is 14.3 Å². The minimum atomic E-state index is -0.562. The molecule has 0 atom stereocenters. The van der Waals surface area contributed by atoms with E-state index in [0.717, 1.165) is 0 Å². The van der Waals surface area contributed by atoms with Gasteiger partial charge in [-0.3, -0.25) is 9.59 Å². The molecule has 0 aromatic rings. The predicted molar refractivity (Wildman–Crippen MR) is 28.2 cm³/mol. The van der Waals surface area contributed by atoms with Crippen LogP contribution in [0.4, 0.5) is 0 Å². The Labute approximate surface area is 77.4 Å². The van der Waals surface area contributed by atoms with Crippen LogP contribution >= 0.6 is 0 Å². The summed E-state index contributed by atoms with van der Waals surface area (Å²) < 4.78 is 3.97. The maximum atomic E-state index is 9.81. The number of esters is 2. The molecule has 4 heteroatoms. The van der Waals surface area contributed by atoms with Gasteiger partial charge in [0.2, 0.25) is 0 Å². The maximum Gasteiger partial charge on any atom is 2.00 e. The second-order valence-corrected chi connectivity index (χ2v) is 1.09. The van der Waals surface area contributed by atoms with Crippen molar-refractivity contribution in [1.29, 1.82) is 0 Å². The van der Waals surface area contributed by atoms with Crippen LogP contribution in [0.5, 0.6) is 0 Å². The molecule has 8 heavy (non-hydrogen) atoms. The van der Waals surface area contributed by atoms with Crippen molar-refractivity contribution in [3.63, 3.8) is 0 Å². The molecule has 0 N–H and O–H groups in total. The predicted octanol–water partition coefficient (Wildman–Crippen LogP) is -0.285. The summed E-state index contributed by atoms with van der Waals surface area (Å²) in [5, 5.41) is 0. The summed E-state index contributed by atoms with van der Waals surface area (Å²) in [6, 6.07) is 0. The number of hydrogen-bond donors (Lipinski definition) is 0. The Bertz CT molecular complexity index is 87.5. The number of ether oxygens (including phenoxy) is 1. The van der Waals surface area contributed by atoms with E-state index in [4.69, 9.17) is 0 Å². The van der Waals surface area contributed by atoms with Crippen LogP contribution in [-0.2, 0) is 14.3 Å². The Balaban J connectivity index is 0. The summed E-state index contributed by atoms with van der Waals surface area (Å²) in [5.41, 5.74) is 0. The van der Waals surface area contributed by atoms with Gasteiger partial charge in [-0.05, 0) is 0 Å². The van der Waals surface area contributed by atoms with Crippen molar-refractivity contribution in [2.75, 3.05) is 0 Å². The van der Waals surface area contributed by atoms with Crippen LogP contribution in [0.2, 0.25) is 0 Å². The van der Waals surface area contributed by atoms with Crippen LogP contribution in [0, 0.1) is 0 Å². The molecule has 0 aliphatic carbocycles. The molecule has 0 unspecified atom stereocenters. The second kappa shape index (κ2) is 5.53. The summed E-state index contributed by atoms with van der Waals surface area (Å²) in [6.45, 7) is 2.36. The Morgan fingerprint density at radius 3 is 1.38 bits per heavy atom. The van der Waals surface area contributed by atoms with Crippen LogP contribution in [0.15, 0.2) is 0 Å². The standard InChI is InChI=1S/C4H6O3.Ca/c1-3(5)7-4(2)6;/h1-2H3;/q;+2. The van der Waals surface area contributed by atoms with E-state index < -0.39 is 11.9 Å². The molecule has 0 aliphatic heterocycles. The quantitative estimate of drug-likeness (QED) is 0.265. The molecule has 0 radical (unpaired) electrons. The van der Waals surface area contributed by atoms with Crippen LogP contribution in [0.1, 0.15) is 13.8 Å². The smallest absolute Gasteiger partial charge is 0.394 e. The van der Waals surface area contributed by atoms with Crippen molar-refractivity contribution in [1.82, 2.24) is 0 Å². The molecule has 40 valence electrons. The largest absolute Gasteiger partial charge is 2.00 e. The maximum absolute atomic E-state index is 9.81. The van der Waals surface area contributed by atoms with Gasteiger partial charge in [-0.1, -0.05) is 0 Å². The van der Waals surface area contributed by atoms with E-state index in [-0.39, 0.29) is 37.7 Å². The first-order valence-corrected chi connectivity index (χ1v) is 1.82. The van der Waals surface area contributed by atoms with E-state index in [1.165, 1.54) is 13.8 Å². The van der Waals surface area contributed by atoms with Crippen molar-refractivity contribution in [2.45, 2.75) is 13.8 Å². The topological polar surface area (TPSA) is 43.4 Å². The first-order chi connectivity index (χ1) is 3.13. The molecule has 0 rings (SSSR count). The fraction of sp³-hybridized carbons (Fsp3) is 0.500. The second-order valence-electron chi connectivity index (χ2n) is 1.09. The first kappa shape index (κ1) is 11.2.